The van der Waals surface area contributed by atoms with Crippen LogP contribution in [0.25, 0.3) is 0 Å². The van der Waals surface area contributed by atoms with Crippen molar-refractivity contribution in [3.05, 3.63) is 35.4 Å². The lowest BCUT2D eigenvalue weighted by Gasteiger charge is -2.27. The first-order chi connectivity index (χ1) is 9.69. The number of aryl methyl sites for hydroxylation is 1. The molecule has 4 nitrogen and oxygen atoms in total. The summed E-state index contributed by atoms with van der Waals surface area (Å²) in [5.41, 5.74) is 2.41. The Morgan fingerprint density at radius 2 is 2.35 bits per heavy atom. The number of benzene rings is 1. The summed E-state index contributed by atoms with van der Waals surface area (Å²) in [7, 11) is 0. The number of carbonyl (C=O) groups is 1. The van der Waals surface area contributed by atoms with Gasteiger partial charge in [0.15, 0.2) is 0 Å². The molecule has 1 aliphatic heterocycles. The van der Waals surface area contributed by atoms with Gasteiger partial charge in [-0.3, -0.25) is 4.79 Å². The van der Waals surface area contributed by atoms with Gasteiger partial charge in [0.1, 0.15) is 0 Å². The summed E-state index contributed by atoms with van der Waals surface area (Å²) >= 11 is 0. The number of morpholine rings is 1. The van der Waals surface area contributed by atoms with Gasteiger partial charge < -0.3 is 15.0 Å². The average Bonchev–Trinajstić information content (AvgIpc) is 2.46. The van der Waals surface area contributed by atoms with Crippen LogP contribution in [0.1, 0.15) is 24.5 Å². The summed E-state index contributed by atoms with van der Waals surface area (Å²) in [6.07, 6.45) is 0.481. The number of ether oxygens (including phenoxy) is 1. The minimum Gasteiger partial charge on any atom is -0.375 e. The van der Waals surface area contributed by atoms with Crippen LogP contribution in [0.3, 0.4) is 0 Å². The van der Waals surface area contributed by atoms with Gasteiger partial charge >= 0.3 is 0 Å². The van der Waals surface area contributed by atoms with E-state index in [9.17, 15) is 4.79 Å². The zero-order valence-electron chi connectivity index (χ0n) is 12.4. The smallest absolute Gasteiger partial charge is 0.225 e. The van der Waals surface area contributed by atoms with Gasteiger partial charge in [0, 0.05) is 26.2 Å². The second-order valence-corrected chi connectivity index (χ2v) is 5.30. The summed E-state index contributed by atoms with van der Waals surface area (Å²) in [5.74, 6) is 0.169. The Morgan fingerprint density at radius 3 is 3.00 bits per heavy atom. The van der Waals surface area contributed by atoms with Crippen molar-refractivity contribution < 1.29 is 9.53 Å². The summed E-state index contributed by atoms with van der Waals surface area (Å²) in [6.45, 7) is 7.85. The molecule has 0 saturated carbocycles. The van der Waals surface area contributed by atoms with E-state index in [0.717, 1.165) is 19.6 Å². The average molecular weight is 276 g/mol. The highest BCUT2D eigenvalue weighted by Gasteiger charge is 2.20. The highest BCUT2D eigenvalue weighted by atomic mass is 16.5. The number of rotatable bonds is 5. The maximum Gasteiger partial charge on any atom is 0.225 e. The van der Waals surface area contributed by atoms with Crippen LogP contribution in [0.5, 0.6) is 0 Å². The molecule has 1 unspecified atom stereocenters. The molecule has 0 aromatic heterocycles. The topological polar surface area (TPSA) is 41.6 Å². The van der Waals surface area contributed by atoms with Crippen molar-refractivity contribution in [2.75, 3.05) is 26.2 Å². The quantitative estimate of drug-likeness (QED) is 0.890. The zero-order valence-corrected chi connectivity index (χ0v) is 12.4. The number of hydrogen-bond acceptors (Lipinski definition) is 3. The lowest BCUT2D eigenvalue weighted by atomic mass is 10.1. The maximum absolute atomic E-state index is 12.3. The Morgan fingerprint density at radius 1 is 1.50 bits per heavy atom. The molecule has 1 saturated heterocycles. The van der Waals surface area contributed by atoms with E-state index in [1.54, 1.807) is 0 Å². The van der Waals surface area contributed by atoms with E-state index in [1.807, 2.05) is 17.9 Å². The molecule has 1 fully saturated rings. The third kappa shape index (κ3) is 4.32. The van der Waals surface area contributed by atoms with Crippen LogP contribution < -0.4 is 5.32 Å². The molecule has 110 valence electrons. The van der Waals surface area contributed by atoms with Crippen LogP contribution in [0, 0.1) is 6.92 Å². The molecule has 2 rings (SSSR count). The molecule has 1 aliphatic rings. The van der Waals surface area contributed by atoms with Crippen molar-refractivity contribution in [1.29, 1.82) is 0 Å². The van der Waals surface area contributed by atoms with Crippen molar-refractivity contribution in [1.82, 2.24) is 10.2 Å². The fourth-order valence-electron chi connectivity index (χ4n) is 2.48. The minimum atomic E-state index is 0.0165. The summed E-state index contributed by atoms with van der Waals surface area (Å²) in [4.78, 5) is 14.2. The van der Waals surface area contributed by atoms with Crippen LogP contribution in [0.15, 0.2) is 24.3 Å². The molecule has 1 amide bonds. The fraction of sp³-hybridized carbons (Fsp3) is 0.562. The lowest BCUT2D eigenvalue weighted by Crippen LogP contribution is -2.42. The van der Waals surface area contributed by atoms with Gasteiger partial charge in [0.05, 0.1) is 19.1 Å². The third-order valence-electron chi connectivity index (χ3n) is 3.60. The normalized spacial score (nSPS) is 18.8. The lowest BCUT2D eigenvalue weighted by molar-refractivity contribution is -0.135. The molecule has 1 atom stereocenters. The van der Waals surface area contributed by atoms with Gasteiger partial charge in [-0.2, -0.15) is 0 Å². The second kappa shape index (κ2) is 7.41. The Labute approximate surface area is 121 Å². The molecule has 1 aromatic carbocycles. The molecule has 20 heavy (non-hydrogen) atoms. The number of hydrogen-bond donors (Lipinski definition) is 1. The van der Waals surface area contributed by atoms with Gasteiger partial charge in [0.25, 0.3) is 0 Å². The Hall–Kier alpha value is -1.39. The Bertz CT molecular complexity index is 442. The standard InChI is InChI=1S/C16H24N2O2/c1-3-18(12-14-6-4-5-13(2)9-14)16(19)10-15-11-17-7-8-20-15/h4-6,9,15,17H,3,7-8,10-12H2,1-2H3. The van der Waals surface area contributed by atoms with Crippen LogP contribution in [0.4, 0.5) is 0 Å². The first-order valence-corrected chi connectivity index (χ1v) is 7.34. The van der Waals surface area contributed by atoms with Crippen molar-refractivity contribution in [3.8, 4) is 0 Å². The third-order valence-corrected chi connectivity index (χ3v) is 3.60. The van der Waals surface area contributed by atoms with Crippen LogP contribution >= 0.6 is 0 Å². The largest absolute Gasteiger partial charge is 0.375 e. The number of amides is 1. The molecule has 1 heterocycles. The van der Waals surface area contributed by atoms with Crippen molar-refractivity contribution in [2.24, 2.45) is 0 Å². The predicted octanol–water partition coefficient (Wildman–Crippen LogP) is 1.72. The van der Waals surface area contributed by atoms with Gasteiger partial charge in [-0.1, -0.05) is 29.8 Å². The van der Waals surface area contributed by atoms with Crippen molar-refractivity contribution >= 4 is 5.91 Å². The van der Waals surface area contributed by atoms with E-state index in [1.165, 1.54) is 11.1 Å². The maximum atomic E-state index is 12.3. The molecule has 4 heteroatoms. The van der Waals surface area contributed by atoms with Gasteiger partial charge in [-0.15, -0.1) is 0 Å². The highest BCUT2D eigenvalue weighted by Crippen LogP contribution is 2.11. The molecule has 0 radical (unpaired) electrons. The van der Waals surface area contributed by atoms with Gasteiger partial charge in [0.2, 0.25) is 5.91 Å². The number of nitrogens with one attached hydrogen (secondary N) is 1. The van der Waals surface area contributed by atoms with Gasteiger partial charge in [-0.25, -0.2) is 0 Å². The van der Waals surface area contributed by atoms with E-state index in [0.29, 0.717) is 19.6 Å². The fourth-order valence-corrected chi connectivity index (χ4v) is 2.48. The van der Waals surface area contributed by atoms with E-state index >= 15 is 0 Å². The summed E-state index contributed by atoms with van der Waals surface area (Å²) < 4.78 is 5.60. The van der Waals surface area contributed by atoms with Crippen LogP contribution in [-0.4, -0.2) is 43.2 Å². The van der Waals surface area contributed by atoms with Crippen molar-refractivity contribution in [3.63, 3.8) is 0 Å². The van der Waals surface area contributed by atoms with E-state index in [-0.39, 0.29) is 12.0 Å². The van der Waals surface area contributed by atoms with E-state index in [2.05, 4.69) is 30.4 Å². The zero-order chi connectivity index (χ0) is 14.4. The Balaban J connectivity index is 1.91. The molecule has 0 bridgehead atoms. The molecular formula is C16H24N2O2. The van der Waals surface area contributed by atoms with Crippen LogP contribution in [0.2, 0.25) is 0 Å². The number of nitrogens with zero attached hydrogens (tertiary/aromatic N) is 1. The molecule has 0 spiro atoms. The second-order valence-electron chi connectivity index (χ2n) is 5.30. The minimum absolute atomic E-state index is 0.0165. The molecule has 0 aliphatic carbocycles. The SMILES string of the molecule is CCN(Cc1cccc(C)c1)C(=O)CC1CNCCO1. The first kappa shape index (κ1) is 15.0. The van der Waals surface area contributed by atoms with Crippen molar-refractivity contribution in [2.45, 2.75) is 32.9 Å². The van der Waals surface area contributed by atoms with Gasteiger partial charge in [-0.05, 0) is 19.4 Å². The summed E-state index contributed by atoms with van der Waals surface area (Å²) in [5, 5.41) is 3.26. The molecular weight excluding hydrogens is 252 g/mol. The van der Waals surface area contributed by atoms with Crippen LogP contribution in [-0.2, 0) is 16.1 Å². The highest BCUT2D eigenvalue weighted by molar-refractivity contribution is 5.76. The monoisotopic (exact) mass is 276 g/mol. The predicted molar refractivity (Wildman–Crippen MR) is 79.5 cm³/mol. The van der Waals surface area contributed by atoms with E-state index in [4.69, 9.17) is 4.74 Å². The number of carbonyl (C=O) groups excluding carboxylic acids is 1. The molecule has 1 aromatic rings. The van der Waals surface area contributed by atoms with E-state index < -0.39 is 0 Å². The first-order valence-electron chi connectivity index (χ1n) is 7.34. The summed E-state index contributed by atoms with van der Waals surface area (Å²) in [6, 6.07) is 8.32. The Kier molecular flexibility index (Phi) is 5.56. The molecule has 1 N–H and O–H groups in total.